The summed E-state index contributed by atoms with van der Waals surface area (Å²) in [7, 11) is 3.71. The molecule has 0 atom stereocenters. The standard InChI is InChI=1S/C17H29N3O/c1-8-13(9-2)20(7)16(21)12-10-14(17(3,4)5)19-15(11-12)18-6/h10-11,13H,8-9H2,1-7H3,(H,18,19). The molecule has 0 spiro atoms. The first-order valence-corrected chi connectivity index (χ1v) is 7.72. The van der Waals surface area contributed by atoms with Crippen LogP contribution in [-0.2, 0) is 5.41 Å². The summed E-state index contributed by atoms with van der Waals surface area (Å²) in [5, 5.41) is 3.05. The van der Waals surface area contributed by atoms with Gasteiger partial charge in [0, 0.05) is 36.8 Å². The molecule has 1 aromatic rings. The Labute approximate surface area is 129 Å². The number of aromatic nitrogens is 1. The largest absolute Gasteiger partial charge is 0.373 e. The molecule has 4 nitrogen and oxygen atoms in total. The van der Waals surface area contributed by atoms with Crippen molar-refractivity contribution in [2.75, 3.05) is 19.4 Å². The maximum atomic E-state index is 12.7. The van der Waals surface area contributed by atoms with Crippen molar-refractivity contribution in [3.05, 3.63) is 23.4 Å². The molecule has 0 fully saturated rings. The number of carbonyl (C=O) groups is 1. The monoisotopic (exact) mass is 291 g/mol. The fourth-order valence-corrected chi connectivity index (χ4v) is 2.37. The molecular formula is C17H29N3O. The zero-order valence-corrected chi connectivity index (χ0v) is 14.4. The van der Waals surface area contributed by atoms with Crippen LogP contribution in [0, 0.1) is 0 Å². The van der Waals surface area contributed by atoms with E-state index in [-0.39, 0.29) is 17.4 Å². The van der Waals surface area contributed by atoms with Crippen LogP contribution >= 0.6 is 0 Å². The Morgan fingerprint density at radius 3 is 2.29 bits per heavy atom. The van der Waals surface area contributed by atoms with Crippen LogP contribution in [0.4, 0.5) is 5.82 Å². The lowest BCUT2D eigenvalue weighted by atomic mass is 9.90. The smallest absolute Gasteiger partial charge is 0.254 e. The van der Waals surface area contributed by atoms with Crippen LogP contribution in [-0.4, -0.2) is 35.9 Å². The summed E-state index contributed by atoms with van der Waals surface area (Å²) >= 11 is 0. The third-order valence-electron chi connectivity index (χ3n) is 3.91. The second-order valence-electron chi connectivity index (χ2n) is 6.51. The van der Waals surface area contributed by atoms with Crippen LogP contribution in [0.2, 0.25) is 0 Å². The first-order valence-electron chi connectivity index (χ1n) is 7.72. The van der Waals surface area contributed by atoms with Crippen molar-refractivity contribution in [3.8, 4) is 0 Å². The summed E-state index contributed by atoms with van der Waals surface area (Å²) < 4.78 is 0. The second kappa shape index (κ2) is 6.92. The van der Waals surface area contributed by atoms with Gasteiger partial charge in [-0.3, -0.25) is 4.79 Å². The molecule has 0 aliphatic heterocycles. The van der Waals surface area contributed by atoms with Crippen LogP contribution < -0.4 is 5.32 Å². The normalized spacial score (nSPS) is 11.6. The average molecular weight is 291 g/mol. The maximum absolute atomic E-state index is 12.7. The van der Waals surface area contributed by atoms with Crippen molar-refractivity contribution in [1.29, 1.82) is 0 Å². The third kappa shape index (κ3) is 4.19. The molecule has 0 bridgehead atoms. The maximum Gasteiger partial charge on any atom is 0.254 e. The zero-order chi connectivity index (χ0) is 16.2. The fraction of sp³-hybridized carbons (Fsp3) is 0.647. The van der Waals surface area contributed by atoms with Gasteiger partial charge in [-0.2, -0.15) is 0 Å². The van der Waals surface area contributed by atoms with Gasteiger partial charge in [-0.25, -0.2) is 4.98 Å². The van der Waals surface area contributed by atoms with Crippen molar-refractivity contribution < 1.29 is 4.79 Å². The van der Waals surface area contributed by atoms with Crippen molar-refractivity contribution in [2.45, 2.75) is 58.9 Å². The number of amides is 1. The van der Waals surface area contributed by atoms with Crippen molar-refractivity contribution >= 4 is 11.7 Å². The summed E-state index contributed by atoms with van der Waals surface area (Å²) in [6.45, 7) is 10.5. The van der Waals surface area contributed by atoms with Crippen molar-refractivity contribution in [1.82, 2.24) is 9.88 Å². The van der Waals surface area contributed by atoms with E-state index in [0.717, 1.165) is 24.4 Å². The van der Waals surface area contributed by atoms with Crippen molar-refractivity contribution in [2.24, 2.45) is 0 Å². The number of hydrogen-bond acceptors (Lipinski definition) is 3. The summed E-state index contributed by atoms with van der Waals surface area (Å²) in [5.41, 5.74) is 1.54. The molecule has 0 unspecified atom stereocenters. The molecule has 1 aromatic heterocycles. The third-order valence-corrected chi connectivity index (χ3v) is 3.91. The summed E-state index contributed by atoms with van der Waals surface area (Å²) in [5.74, 6) is 0.803. The number of nitrogens with one attached hydrogen (secondary N) is 1. The minimum absolute atomic E-state index is 0.0631. The zero-order valence-electron chi connectivity index (χ0n) is 14.4. The summed E-state index contributed by atoms with van der Waals surface area (Å²) in [4.78, 5) is 19.1. The first-order chi connectivity index (χ1) is 9.74. The number of hydrogen-bond donors (Lipinski definition) is 1. The highest BCUT2D eigenvalue weighted by atomic mass is 16.2. The van der Waals surface area contributed by atoms with Gasteiger partial charge in [0.1, 0.15) is 5.82 Å². The highest BCUT2D eigenvalue weighted by Gasteiger charge is 2.22. The fourth-order valence-electron chi connectivity index (χ4n) is 2.37. The summed E-state index contributed by atoms with van der Waals surface area (Å²) in [6.07, 6.45) is 1.93. The molecule has 1 rings (SSSR count). The van der Waals surface area contributed by atoms with E-state index < -0.39 is 0 Å². The van der Waals surface area contributed by atoms with E-state index in [0.29, 0.717) is 5.56 Å². The van der Waals surface area contributed by atoms with Crippen molar-refractivity contribution in [3.63, 3.8) is 0 Å². The van der Waals surface area contributed by atoms with Gasteiger partial charge >= 0.3 is 0 Å². The number of carbonyl (C=O) groups excluding carboxylic acids is 1. The highest BCUT2D eigenvalue weighted by Crippen LogP contribution is 2.24. The Morgan fingerprint density at radius 2 is 1.86 bits per heavy atom. The van der Waals surface area contributed by atoms with E-state index in [1.165, 1.54) is 0 Å². The Hall–Kier alpha value is -1.58. The van der Waals surface area contributed by atoms with Gasteiger partial charge in [0.2, 0.25) is 0 Å². The average Bonchev–Trinajstić information content (AvgIpc) is 2.46. The van der Waals surface area contributed by atoms with Crippen LogP contribution in [0.15, 0.2) is 12.1 Å². The number of rotatable bonds is 5. The number of pyridine rings is 1. The topological polar surface area (TPSA) is 45.2 Å². The highest BCUT2D eigenvalue weighted by molar-refractivity contribution is 5.95. The van der Waals surface area contributed by atoms with Gasteiger partial charge in [-0.1, -0.05) is 34.6 Å². The molecule has 118 valence electrons. The van der Waals surface area contributed by atoms with E-state index in [2.05, 4.69) is 44.9 Å². The molecule has 21 heavy (non-hydrogen) atoms. The van der Waals surface area contributed by atoms with E-state index in [4.69, 9.17) is 0 Å². The van der Waals surface area contributed by atoms with Crippen LogP contribution in [0.25, 0.3) is 0 Å². The summed E-state index contributed by atoms with van der Waals surface area (Å²) in [6, 6.07) is 4.03. The van der Waals surface area contributed by atoms with E-state index >= 15 is 0 Å². The molecule has 0 saturated heterocycles. The van der Waals surface area contributed by atoms with E-state index in [9.17, 15) is 4.79 Å². The predicted octanol–water partition coefficient (Wildman–Crippen LogP) is 3.68. The lowest BCUT2D eigenvalue weighted by Crippen LogP contribution is -2.36. The van der Waals surface area contributed by atoms with Gasteiger partial charge in [0.25, 0.3) is 5.91 Å². The SMILES string of the molecule is CCC(CC)N(C)C(=O)c1cc(NC)nc(C(C)(C)C)c1. The minimum Gasteiger partial charge on any atom is -0.373 e. The molecule has 4 heteroatoms. The second-order valence-corrected chi connectivity index (χ2v) is 6.51. The molecule has 1 heterocycles. The molecule has 0 aromatic carbocycles. The Kier molecular flexibility index (Phi) is 5.76. The lowest BCUT2D eigenvalue weighted by Gasteiger charge is -2.27. The Bertz CT molecular complexity index is 487. The van der Waals surface area contributed by atoms with E-state index in [1.54, 1.807) is 0 Å². The number of anilines is 1. The molecule has 1 N–H and O–H groups in total. The molecule has 0 aliphatic rings. The number of nitrogens with zero attached hydrogens (tertiary/aromatic N) is 2. The van der Waals surface area contributed by atoms with Gasteiger partial charge in [0.05, 0.1) is 0 Å². The molecular weight excluding hydrogens is 262 g/mol. The van der Waals surface area contributed by atoms with Gasteiger partial charge in [-0.05, 0) is 25.0 Å². The van der Waals surface area contributed by atoms with Crippen LogP contribution in [0.3, 0.4) is 0 Å². The van der Waals surface area contributed by atoms with Crippen LogP contribution in [0.1, 0.15) is 63.5 Å². The molecule has 1 amide bonds. The molecule has 0 saturated carbocycles. The lowest BCUT2D eigenvalue weighted by molar-refractivity contribution is 0.0723. The van der Waals surface area contributed by atoms with E-state index in [1.807, 2.05) is 31.1 Å². The minimum atomic E-state index is -0.0879. The molecule has 0 aliphatic carbocycles. The quantitative estimate of drug-likeness (QED) is 0.900. The van der Waals surface area contributed by atoms with Crippen LogP contribution in [0.5, 0.6) is 0 Å². The molecule has 0 radical (unpaired) electrons. The van der Waals surface area contributed by atoms with Gasteiger partial charge in [-0.15, -0.1) is 0 Å². The predicted molar refractivity (Wildman–Crippen MR) is 88.9 cm³/mol. The van der Waals surface area contributed by atoms with Gasteiger partial charge in [0.15, 0.2) is 0 Å². The first kappa shape index (κ1) is 17.5. The van der Waals surface area contributed by atoms with Gasteiger partial charge < -0.3 is 10.2 Å². The Balaban J connectivity index is 3.20. The Morgan fingerprint density at radius 1 is 1.29 bits per heavy atom.